The van der Waals surface area contributed by atoms with Crippen molar-refractivity contribution in [2.75, 3.05) is 6.61 Å². The van der Waals surface area contributed by atoms with Crippen LogP contribution < -0.4 is 5.32 Å². The second-order valence-electron chi connectivity index (χ2n) is 7.59. The van der Waals surface area contributed by atoms with Crippen molar-refractivity contribution in [2.45, 2.75) is 91.5 Å². The molecule has 1 atom stereocenters. The number of ether oxygens (including phenoxy) is 1. The number of esters is 1. The summed E-state index contributed by atoms with van der Waals surface area (Å²) in [6, 6.07) is 6.38. The maximum absolute atomic E-state index is 12.3. The molecule has 0 aliphatic carbocycles. The molecule has 29 heavy (non-hydrogen) atoms. The Hall–Kier alpha value is -2.17. The van der Waals surface area contributed by atoms with Gasteiger partial charge in [-0.25, -0.2) is 4.79 Å². The highest BCUT2D eigenvalue weighted by Gasteiger charge is 2.17. The van der Waals surface area contributed by atoms with E-state index in [1.54, 1.807) is 31.2 Å². The summed E-state index contributed by atoms with van der Waals surface area (Å²) in [6.45, 7) is 8.31. The van der Waals surface area contributed by atoms with Crippen LogP contribution in [0.3, 0.4) is 0 Å². The van der Waals surface area contributed by atoms with Crippen LogP contribution in [0, 0.1) is 0 Å². The first kappa shape index (κ1) is 24.9. The van der Waals surface area contributed by atoms with Gasteiger partial charge in [-0.3, -0.25) is 9.79 Å². The third-order valence-corrected chi connectivity index (χ3v) is 4.90. The van der Waals surface area contributed by atoms with Crippen LogP contribution in [-0.2, 0) is 9.53 Å². The lowest BCUT2D eigenvalue weighted by atomic mass is 10.1. The Labute approximate surface area is 176 Å². The Balaban J connectivity index is 2.27. The molecule has 1 aromatic rings. The molecule has 1 amide bonds. The monoisotopic (exact) mass is 402 g/mol. The molecule has 0 aliphatic rings. The zero-order valence-electron chi connectivity index (χ0n) is 18.6. The number of aliphatic imine (C=N–C) groups is 1. The van der Waals surface area contributed by atoms with E-state index >= 15 is 0 Å². The first-order valence-corrected chi connectivity index (χ1v) is 11.1. The number of unbranched alkanes of at least 4 members (excludes halogenated alkanes) is 7. The fourth-order valence-corrected chi connectivity index (χ4v) is 2.86. The summed E-state index contributed by atoms with van der Waals surface area (Å²) in [6.07, 6.45) is 10.5. The molecule has 1 N–H and O–H groups in total. The Morgan fingerprint density at radius 1 is 0.966 bits per heavy atom. The Morgan fingerprint density at radius 3 is 2.14 bits per heavy atom. The highest BCUT2D eigenvalue weighted by atomic mass is 16.5. The average molecular weight is 403 g/mol. The van der Waals surface area contributed by atoms with E-state index in [-0.39, 0.29) is 11.9 Å². The topological polar surface area (TPSA) is 67.8 Å². The number of carbonyl (C=O) groups is 2. The number of hydrogen-bond acceptors (Lipinski definition) is 4. The van der Waals surface area contributed by atoms with Gasteiger partial charge in [-0.05, 0) is 51.0 Å². The number of nitrogens with one attached hydrogen (secondary N) is 1. The smallest absolute Gasteiger partial charge is 0.328 e. The summed E-state index contributed by atoms with van der Waals surface area (Å²) in [5.74, 6) is -0.676. The number of amides is 1. The van der Waals surface area contributed by atoms with Gasteiger partial charge in [0.05, 0.1) is 12.3 Å². The summed E-state index contributed by atoms with van der Waals surface area (Å²) < 4.78 is 5.29. The van der Waals surface area contributed by atoms with Crippen LogP contribution in [0.5, 0.6) is 0 Å². The number of nitrogens with zero attached hydrogens (tertiary/aromatic N) is 1. The van der Waals surface area contributed by atoms with Gasteiger partial charge < -0.3 is 10.1 Å². The van der Waals surface area contributed by atoms with E-state index in [4.69, 9.17) is 4.74 Å². The molecule has 0 spiro atoms. The van der Waals surface area contributed by atoms with Crippen LogP contribution in [-0.4, -0.2) is 30.2 Å². The zero-order chi connectivity index (χ0) is 21.5. The molecule has 0 aliphatic heterocycles. The van der Waals surface area contributed by atoms with Gasteiger partial charge in [0.25, 0.3) is 5.91 Å². The third-order valence-electron chi connectivity index (χ3n) is 4.90. The van der Waals surface area contributed by atoms with E-state index in [0.29, 0.717) is 12.2 Å². The lowest BCUT2D eigenvalue weighted by molar-refractivity contribution is -0.145. The number of rotatable bonds is 14. The molecule has 0 saturated heterocycles. The molecule has 0 saturated carbocycles. The lowest BCUT2D eigenvalue weighted by Crippen LogP contribution is -2.39. The Bertz CT molecular complexity index is 638. The molecule has 5 nitrogen and oxygen atoms in total. The fourth-order valence-electron chi connectivity index (χ4n) is 2.86. The predicted molar refractivity (Wildman–Crippen MR) is 120 cm³/mol. The Kier molecular flexibility index (Phi) is 12.7. The first-order valence-electron chi connectivity index (χ1n) is 11.1. The summed E-state index contributed by atoms with van der Waals surface area (Å²) in [7, 11) is 0. The van der Waals surface area contributed by atoms with E-state index in [1.807, 2.05) is 6.92 Å². The standard InChI is InChI=1S/C24H38N2O3/c1-5-7-8-9-10-11-12-13-18-29-24(28)20(4)26-23(27)21-14-16-22(17-15-21)25-19(3)6-2/h14-17,20H,5-13,18H2,1-4H3,(H,26,27)/b25-19-/t20-/m0/s1. The zero-order valence-corrected chi connectivity index (χ0v) is 18.6. The van der Waals surface area contributed by atoms with Gasteiger partial charge in [0.15, 0.2) is 0 Å². The highest BCUT2D eigenvalue weighted by molar-refractivity contribution is 5.97. The van der Waals surface area contributed by atoms with Crippen LogP contribution >= 0.6 is 0 Å². The molecule has 1 rings (SSSR count). The van der Waals surface area contributed by atoms with Crippen LogP contribution in [0.4, 0.5) is 5.69 Å². The number of hydrogen-bond donors (Lipinski definition) is 1. The molecular weight excluding hydrogens is 364 g/mol. The largest absolute Gasteiger partial charge is 0.464 e. The van der Waals surface area contributed by atoms with Crippen molar-refractivity contribution in [3.63, 3.8) is 0 Å². The predicted octanol–water partition coefficient (Wildman–Crippen LogP) is 5.99. The molecule has 5 heteroatoms. The van der Waals surface area contributed by atoms with Crippen LogP contribution in [0.1, 0.15) is 95.8 Å². The van der Waals surface area contributed by atoms with Crippen LogP contribution in [0.25, 0.3) is 0 Å². The van der Waals surface area contributed by atoms with Crippen molar-refractivity contribution in [1.82, 2.24) is 5.32 Å². The molecule has 0 bridgehead atoms. The maximum Gasteiger partial charge on any atom is 0.328 e. The average Bonchev–Trinajstić information content (AvgIpc) is 2.72. The quantitative estimate of drug-likeness (QED) is 0.236. The van der Waals surface area contributed by atoms with Crippen LogP contribution in [0.2, 0.25) is 0 Å². The minimum atomic E-state index is -0.670. The lowest BCUT2D eigenvalue weighted by Gasteiger charge is -2.13. The van der Waals surface area contributed by atoms with Gasteiger partial charge in [0.2, 0.25) is 0 Å². The Morgan fingerprint density at radius 2 is 1.55 bits per heavy atom. The van der Waals surface area contributed by atoms with E-state index < -0.39 is 6.04 Å². The summed E-state index contributed by atoms with van der Waals surface area (Å²) >= 11 is 0. The van der Waals surface area contributed by atoms with Crippen molar-refractivity contribution in [3.8, 4) is 0 Å². The minimum absolute atomic E-state index is 0.288. The van der Waals surface area contributed by atoms with Gasteiger partial charge in [0.1, 0.15) is 6.04 Å². The molecule has 0 unspecified atom stereocenters. The molecular formula is C24H38N2O3. The molecule has 0 aromatic heterocycles. The number of benzene rings is 1. The third kappa shape index (κ3) is 10.8. The second-order valence-corrected chi connectivity index (χ2v) is 7.59. The molecule has 0 fully saturated rings. The van der Waals surface area contributed by atoms with Crippen molar-refractivity contribution >= 4 is 23.3 Å². The molecule has 0 heterocycles. The second kappa shape index (κ2) is 14.8. The SMILES string of the molecule is CCCCCCCCCCOC(=O)[C@H](C)NC(=O)c1ccc(/N=C(/C)CC)cc1. The molecule has 1 aromatic carbocycles. The van der Waals surface area contributed by atoms with E-state index in [9.17, 15) is 9.59 Å². The fraction of sp³-hybridized carbons (Fsp3) is 0.625. The first-order chi connectivity index (χ1) is 14.0. The van der Waals surface area contributed by atoms with Gasteiger partial charge in [-0.1, -0.05) is 58.8 Å². The highest BCUT2D eigenvalue weighted by Crippen LogP contribution is 2.14. The van der Waals surface area contributed by atoms with Gasteiger partial charge in [-0.15, -0.1) is 0 Å². The minimum Gasteiger partial charge on any atom is -0.464 e. The number of carbonyl (C=O) groups excluding carboxylic acids is 2. The molecule has 162 valence electrons. The van der Waals surface area contributed by atoms with Gasteiger partial charge in [0, 0.05) is 11.3 Å². The van der Waals surface area contributed by atoms with E-state index in [1.165, 1.54) is 38.5 Å². The van der Waals surface area contributed by atoms with Gasteiger partial charge >= 0.3 is 5.97 Å². The van der Waals surface area contributed by atoms with Gasteiger partial charge in [-0.2, -0.15) is 0 Å². The van der Waals surface area contributed by atoms with E-state index in [2.05, 4.69) is 24.2 Å². The summed E-state index contributed by atoms with van der Waals surface area (Å²) in [5.41, 5.74) is 2.36. The van der Waals surface area contributed by atoms with Crippen molar-refractivity contribution in [2.24, 2.45) is 4.99 Å². The van der Waals surface area contributed by atoms with Crippen molar-refractivity contribution < 1.29 is 14.3 Å². The van der Waals surface area contributed by atoms with Crippen LogP contribution in [0.15, 0.2) is 29.3 Å². The van der Waals surface area contributed by atoms with Crippen molar-refractivity contribution in [1.29, 1.82) is 0 Å². The maximum atomic E-state index is 12.3. The normalized spacial score (nSPS) is 12.5. The van der Waals surface area contributed by atoms with Crippen molar-refractivity contribution in [3.05, 3.63) is 29.8 Å². The molecule has 0 radical (unpaired) electrons. The summed E-state index contributed by atoms with van der Waals surface area (Å²) in [5, 5.41) is 2.70. The summed E-state index contributed by atoms with van der Waals surface area (Å²) in [4.78, 5) is 28.8. The van der Waals surface area contributed by atoms with E-state index in [0.717, 1.165) is 30.7 Å².